The first-order valence-electron chi connectivity index (χ1n) is 2.63. The van der Waals surface area contributed by atoms with Crippen molar-refractivity contribution in [3.05, 3.63) is 0 Å². The molecule has 1 N–H and O–H groups in total. The van der Waals surface area contributed by atoms with E-state index in [1.807, 2.05) is 0 Å². The number of carbonyl (C=O) groups is 2. The Morgan fingerprint density at radius 1 is 1.83 bits per heavy atom. The summed E-state index contributed by atoms with van der Waals surface area (Å²) >= 11 is 0. The third-order valence-corrected chi connectivity index (χ3v) is 0.194. The molecule has 0 aromatic carbocycles. The van der Waals surface area contributed by atoms with Crippen molar-refractivity contribution >= 4 is 11.8 Å². The van der Waals surface area contributed by atoms with Crippen molar-refractivity contribution in [3.63, 3.8) is 0 Å². The highest BCUT2D eigenvalue weighted by Crippen LogP contribution is 1.61. The first-order chi connectivity index (χ1) is 3.85. The minimum Gasteiger partial charge on any atom is -0.476 e. The highest BCUT2D eigenvalue weighted by molar-refractivity contribution is 6.31. The number of ketones is 1. The van der Waals surface area contributed by atoms with Crippen LogP contribution in [-0.2, 0) is 9.59 Å². The summed E-state index contributed by atoms with van der Waals surface area (Å²) < 4.78 is 18.8. The molecule has 0 aliphatic rings. The number of rotatable bonds is 1. The van der Waals surface area contributed by atoms with Crippen LogP contribution >= 0.6 is 0 Å². The van der Waals surface area contributed by atoms with Gasteiger partial charge in [0.05, 0.1) is 0 Å². The number of carboxylic acid groups (broad SMARTS) is 1. The lowest BCUT2D eigenvalue weighted by Gasteiger charge is -1.73. The highest BCUT2D eigenvalue weighted by atomic mass is 16.4. The van der Waals surface area contributed by atoms with E-state index >= 15 is 0 Å². The molecule has 0 amide bonds. The zero-order valence-electron chi connectivity index (χ0n) is 5.76. The van der Waals surface area contributed by atoms with E-state index in [1.54, 1.807) is 0 Å². The second kappa shape index (κ2) is 1.55. The van der Waals surface area contributed by atoms with Gasteiger partial charge in [-0.1, -0.05) is 0 Å². The van der Waals surface area contributed by atoms with E-state index in [2.05, 4.69) is 0 Å². The van der Waals surface area contributed by atoms with Crippen LogP contribution in [0.5, 0.6) is 0 Å². The third-order valence-electron chi connectivity index (χ3n) is 0.194. The smallest absolute Gasteiger partial charge is 0.371 e. The van der Waals surface area contributed by atoms with E-state index in [-0.39, 0.29) is 0 Å². The molecule has 0 heterocycles. The molecule has 0 aromatic rings. The standard InChI is InChI=1S/C3H4O3/c1-2(4)3(5)6/h1H3,(H,5,6)/i1D3. The summed E-state index contributed by atoms with van der Waals surface area (Å²) in [5.41, 5.74) is 0. The molecule has 6 heavy (non-hydrogen) atoms. The van der Waals surface area contributed by atoms with Crippen molar-refractivity contribution < 1.29 is 18.8 Å². The molecule has 0 saturated heterocycles. The maximum Gasteiger partial charge on any atom is 0.371 e. The highest BCUT2D eigenvalue weighted by Gasteiger charge is 1.98. The van der Waals surface area contributed by atoms with Gasteiger partial charge in [0, 0.05) is 11.0 Å². The molecule has 0 radical (unpaired) electrons. The lowest BCUT2D eigenvalue weighted by molar-refractivity contribution is -0.148. The van der Waals surface area contributed by atoms with Gasteiger partial charge in [0.2, 0.25) is 5.78 Å². The molecule has 0 atom stereocenters. The molecule has 0 bridgehead atoms. The SMILES string of the molecule is [2H]C([2H])([2H])C(=O)C(=O)O. The fourth-order valence-corrected chi connectivity index (χ4v) is 0. The summed E-state index contributed by atoms with van der Waals surface area (Å²) in [5.74, 6) is -3.67. The number of aliphatic carboxylic acids is 1. The van der Waals surface area contributed by atoms with Crippen LogP contribution in [0.3, 0.4) is 0 Å². The lowest BCUT2D eigenvalue weighted by Crippen LogP contribution is -2.05. The maximum absolute atomic E-state index is 10.0. The fraction of sp³-hybridized carbons (Fsp3) is 0.333. The van der Waals surface area contributed by atoms with E-state index in [0.717, 1.165) is 0 Å². The predicted molar refractivity (Wildman–Crippen MR) is 18.3 cm³/mol. The van der Waals surface area contributed by atoms with Gasteiger partial charge in [-0.3, -0.25) is 4.79 Å². The molecule has 3 nitrogen and oxygen atoms in total. The molecule has 34 valence electrons. The largest absolute Gasteiger partial charge is 0.476 e. The monoisotopic (exact) mass is 91.0 g/mol. The van der Waals surface area contributed by atoms with Crippen LogP contribution in [0.25, 0.3) is 0 Å². The third kappa shape index (κ3) is 1.46. The molecule has 0 aromatic heterocycles. The lowest BCUT2D eigenvalue weighted by atomic mass is 10.5. The molecular formula is C3H4O3. The predicted octanol–water partition coefficient (Wildman–Crippen LogP) is -0.340. The minimum atomic E-state index is -3.01. The van der Waals surface area contributed by atoms with E-state index < -0.39 is 18.6 Å². The zero-order chi connectivity index (χ0) is 7.65. The topological polar surface area (TPSA) is 54.4 Å². The Morgan fingerprint density at radius 3 is 2.33 bits per heavy atom. The fourth-order valence-electron chi connectivity index (χ4n) is 0. The number of hydrogen-bond donors (Lipinski definition) is 1. The van der Waals surface area contributed by atoms with Gasteiger partial charge >= 0.3 is 5.97 Å². The van der Waals surface area contributed by atoms with Crippen LogP contribution in [0.4, 0.5) is 0 Å². The molecule has 0 unspecified atom stereocenters. The Bertz CT molecular complexity index is 147. The Morgan fingerprint density at radius 2 is 2.33 bits per heavy atom. The van der Waals surface area contributed by atoms with Gasteiger partial charge in [-0.05, 0) is 0 Å². The van der Waals surface area contributed by atoms with Crippen molar-refractivity contribution in [2.75, 3.05) is 0 Å². The summed E-state index contributed by atoms with van der Waals surface area (Å²) in [5, 5.41) is 7.81. The van der Waals surface area contributed by atoms with Crippen LogP contribution in [0.1, 0.15) is 11.0 Å². The maximum atomic E-state index is 10.0. The molecule has 0 saturated carbocycles. The van der Waals surface area contributed by atoms with E-state index in [0.29, 0.717) is 0 Å². The molecular weight excluding hydrogens is 84.0 g/mol. The quantitative estimate of drug-likeness (QED) is 0.449. The zero-order valence-corrected chi connectivity index (χ0v) is 2.76. The molecule has 0 rings (SSSR count). The first kappa shape index (κ1) is 1.73. The first-order valence-corrected chi connectivity index (χ1v) is 1.13. The summed E-state index contributed by atoms with van der Waals surface area (Å²) in [7, 11) is 0. The van der Waals surface area contributed by atoms with E-state index in [4.69, 9.17) is 9.22 Å². The van der Waals surface area contributed by atoms with Gasteiger partial charge in [-0.25, -0.2) is 4.79 Å². The van der Waals surface area contributed by atoms with Crippen molar-refractivity contribution in [2.45, 2.75) is 6.85 Å². The van der Waals surface area contributed by atoms with Crippen LogP contribution in [0, 0.1) is 0 Å². The molecule has 0 aliphatic heterocycles. The Hall–Kier alpha value is -0.860. The summed E-state index contributed by atoms with van der Waals surface area (Å²) in [6, 6.07) is 0. The number of carbonyl (C=O) groups excluding carboxylic acids is 1. The summed E-state index contributed by atoms with van der Waals surface area (Å²) in [6.07, 6.45) is 0. The van der Waals surface area contributed by atoms with Crippen LogP contribution in [-0.4, -0.2) is 16.9 Å². The second-order valence-electron chi connectivity index (χ2n) is 0.634. The van der Waals surface area contributed by atoms with Gasteiger partial charge in [-0.15, -0.1) is 0 Å². The van der Waals surface area contributed by atoms with Crippen LogP contribution in [0.2, 0.25) is 0 Å². The minimum absolute atomic E-state index is 1.75. The Labute approximate surface area is 38.8 Å². The van der Waals surface area contributed by atoms with Gasteiger partial charge < -0.3 is 5.11 Å². The molecule has 0 fully saturated rings. The average molecular weight is 91.1 g/mol. The summed E-state index contributed by atoms with van der Waals surface area (Å²) in [6.45, 7) is -3.01. The van der Waals surface area contributed by atoms with Crippen molar-refractivity contribution in [2.24, 2.45) is 0 Å². The number of Topliss-reactive ketones (excluding diaryl/α,β-unsaturated/α-hetero) is 1. The molecule has 0 spiro atoms. The van der Waals surface area contributed by atoms with Crippen LogP contribution in [0.15, 0.2) is 0 Å². The normalized spacial score (nSPS) is 17.0. The van der Waals surface area contributed by atoms with Crippen molar-refractivity contribution in [1.29, 1.82) is 0 Å². The Kier molecular flexibility index (Phi) is 0.445. The molecule has 3 heteroatoms. The average Bonchev–Trinajstić information content (AvgIpc) is 1.62. The number of carboxylic acids is 1. The van der Waals surface area contributed by atoms with Gasteiger partial charge in [0.15, 0.2) is 0 Å². The Balaban J connectivity index is 4.23. The summed E-state index contributed by atoms with van der Waals surface area (Å²) in [4.78, 5) is 19.6. The van der Waals surface area contributed by atoms with E-state index in [9.17, 15) is 9.59 Å². The van der Waals surface area contributed by atoms with Gasteiger partial charge in [-0.2, -0.15) is 0 Å². The van der Waals surface area contributed by atoms with E-state index in [1.165, 1.54) is 0 Å². The van der Waals surface area contributed by atoms with Crippen molar-refractivity contribution in [3.8, 4) is 0 Å². The van der Waals surface area contributed by atoms with Gasteiger partial charge in [0.25, 0.3) is 0 Å². The van der Waals surface area contributed by atoms with Crippen LogP contribution < -0.4 is 0 Å². The molecule has 0 aliphatic carbocycles. The second-order valence-corrected chi connectivity index (χ2v) is 0.634. The van der Waals surface area contributed by atoms with Crippen molar-refractivity contribution in [1.82, 2.24) is 0 Å². The van der Waals surface area contributed by atoms with Gasteiger partial charge in [0.1, 0.15) is 0 Å². The number of hydrogen-bond acceptors (Lipinski definition) is 2.